The molecule has 0 aliphatic carbocycles. The highest BCUT2D eigenvalue weighted by Gasteiger charge is 2.30. The van der Waals surface area contributed by atoms with Crippen LogP contribution in [0, 0.1) is 0 Å². The first-order valence-corrected chi connectivity index (χ1v) is 10.0. The van der Waals surface area contributed by atoms with Crippen LogP contribution in [0.15, 0.2) is 35.8 Å². The van der Waals surface area contributed by atoms with Gasteiger partial charge in [-0.25, -0.2) is 14.8 Å². The van der Waals surface area contributed by atoms with E-state index in [1.807, 2.05) is 23.1 Å². The molecule has 4 heterocycles. The van der Waals surface area contributed by atoms with Crippen molar-refractivity contribution in [2.45, 2.75) is 18.9 Å². The van der Waals surface area contributed by atoms with Crippen LogP contribution >= 0.6 is 11.3 Å². The van der Waals surface area contributed by atoms with Crippen LogP contribution in [-0.2, 0) is 4.74 Å². The van der Waals surface area contributed by atoms with Crippen LogP contribution in [-0.4, -0.2) is 58.8 Å². The van der Waals surface area contributed by atoms with E-state index in [1.54, 1.807) is 24.6 Å². The predicted molar refractivity (Wildman–Crippen MR) is 106 cm³/mol. The van der Waals surface area contributed by atoms with Crippen molar-refractivity contribution in [1.29, 1.82) is 0 Å². The van der Waals surface area contributed by atoms with Gasteiger partial charge < -0.3 is 19.5 Å². The smallest absolute Gasteiger partial charge is 0.317 e. The van der Waals surface area contributed by atoms with Gasteiger partial charge in [0.2, 0.25) is 0 Å². The molecule has 3 aromatic heterocycles. The lowest BCUT2D eigenvalue weighted by Crippen LogP contribution is -2.39. The molecule has 2 amide bonds. The Morgan fingerprint density at radius 3 is 3.15 bits per heavy atom. The zero-order valence-corrected chi connectivity index (χ0v) is 16.1. The summed E-state index contributed by atoms with van der Waals surface area (Å²) in [6.07, 6.45) is 3.51. The van der Waals surface area contributed by atoms with Crippen molar-refractivity contribution in [3.8, 4) is 10.7 Å². The van der Waals surface area contributed by atoms with E-state index in [4.69, 9.17) is 9.72 Å². The summed E-state index contributed by atoms with van der Waals surface area (Å²) in [6.45, 7) is 2.68. The quantitative estimate of drug-likeness (QED) is 0.662. The summed E-state index contributed by atoms with van der Waals surface area (Å²) >= 11 is 1.67. The van der Waals surface area contributed by atoms with E-state index in [1.165, 1.54) is 0 Å². The zero-order valence-electron chi connectivity index (χ0n) is 15.3. The van der Waals surface area contributed by atoms with E-state index in [-0.39, 0.29) is 12.1 Å². The molecular formula is C19H23N5O2S. The molecule has 0 radical (unpaired) electrons. The zero-order chi connectivity index (χ0) is 18.6. The third kappa shape index (κ3) is 3.68. The fraction of sp³-hybridized carbons (Fsp3) is 0.421. The highest BCUT2D eigenvalue weighted by molar-refractivity contribution is 7.13. The molecule has 27 heavy (non-hydrogen) atoms. The number of methoxy groups -OCH3 is 1. The van der Waals surface area contributed by atoms with E-state index in [0.29, 0.717) is 19.7 Å². The molecular weight excluding hydrogens is 362 g/mol. The number of hydrogen-bond donors (Lipinski definition) is 1. The monoisotopic (exact) mass is 385 g/mol. The number of thiophene rings is 1. The lowest BCUT2D eigenvalue weighted by molar-refractivity contribution is 0.188. The molecule has 1 unspecified atom stereocenters. The Morgan fingerprint density at radius 1 is 1.41 bits per heavy atom. The summed E-state index contributed by atoms with van der Waals surface area (Å²) in [5, 5.41) is 5.03. The standard InChI is InChI=1S/C19H23N5O2S/c1-26-11-4-9-21-19(25)23-10-7-14(13-23)24-17-15(5-2-8-20-17)22-18(24)16-6-3-12-27-16/h2-3,5-6,8,12,14H,4,7,9-11,13H2,1H3,(H,21,25). The first-order chi connectivity index (χ1) is 13.3. The van der Waals surface area contributed by atoms with Gasteiger partial charge in [0.1, 0.15) is 5.52 Å². The molecule has 0 spiro atoms. The lowest BCUT2D eigenvalue weighted by Gasteiger charge is -2.19. The number of nitrogens with zero attached hydrogens (tertiary/aromatic N) is 4. The highest BCUT2D eigenvalue weighted by atomic mass is 32.1. The lowest BCUT2D eigenvalue weighted by atomic mass is 10.2. The summed E-state index contributed by atoms with van der Waals surface area (Å²) in [5.41, 5.74) is 1.77. The third-order valence-electron chi connectivity index (χ3n) is 4.81. The highest BCUT2D eigenvalue weighted by Crippen LogP contribution is 2.33. The average molecular weight is 385 g/mol. The van der Waals surface area contributed by atoms with E-state index in [9.17, 15) is 4.79 Å². The Morgan fingerprint density at radius 2 is 2.33 bits per heavy atom. The molecule has 4 rings (SSSR count). The maximum Gasteiger partial charge on any atom is 0.317 e. The van der Waals surface area contributed by atoms with Gasteiger partial charge in [0.05, 0.1) is 10.9 Å². The number of rotatable bonds is 6. The first-order valence-electron chi connectivity index (χ1n) is 9.16. The normalized spacial score (nSPS) is 16.9. The minimum absolute atomic E-state index is 0.0105. The second-order valence-electron chi connectivity index (χ2n) is 6.60. The molecule has 142 valence electrons. The van der Waals surface area contributed by atoms with Crippen molar-refractivity contribution in [1.82, 2.24) is 24.8 Å². The van der Waals surface area contributed by atoms with Crippen LogP contribution in [0.4, 0.5) is 4.79 Å². The van der Waals surface area contributed by atoms with Crippen LogP contribution in [0.1, 0.15) is 18.9 Å². The molecule has 1 fully saturated rings. The molecule has 0 bridgehead atoms. The second kappa shape index (κ2) is 8.06. The number of ether oxygens (including phenoxy) is 1. The molecule has 3 aromatic rings. The van der Waals surface area contributed by atoms with E-state index >= 15 is 0 Å². The summed E-state index contributed by atoms with van der Waals surface area (Å²) in [6, 6.07) is 8.18. The topological polar surface area (TPSA) is 72.3 Å². The van der Waals surface area contributed by atoms with Gasteiger partial charge in [0.25, 0.3) is 0 Å². The van der Waals surface area contributed by atoms with Gasteiger partial charge in [0, 0.05) is 39.5 Å². The van der Waals surface area contributed by atoms with Gasteiger partial charge in [0.15, 0.2) is 11.5 Å². The number of fused-ring (bicyclic) bond motifs is 1. The Balaban J connectivity index is 1.55. The molecule has 1 aliphatic heterocycles. The first kappa shape index (κ1) is 17.9. The van der Waals surface area contributed by atoms with Gasteiger partial charge >= 0.3 is 6.03 Å². The van der Waals surface area contributed by atoms with Crippen molar-refractivity contribution < 1.29 is 9.53 Å². The van der Waals surface area contributed by atoms with Crippen LogP contribution in [0.3, 0.4) is 0 Å². The molecule has 1 N–H and O–H groups in total. The molecule has 8 heteroatoms. The number of pyridine rings is 1. The number of imidazole rings is 1. The number of amides is 2. The number of carbonyl (C=O) groups is 1. The fourth-order valence-electron chi connectivity index (χ4n) is 3.52. The minimum atomic E-state index is -0.0105. The van der Waals surface area contributed by atoms with Crippen LogP contribution in [0.2, 0.25) is 0 Å². The maximum atomic E-state index is 12.4. The number of hydrogen-bond acceptors (Lipinski definition) is 5. The number of nitrogens with one attached hydrogen (secondary N) is 1. The van der Waals surface area contributed by atoms with Gasteiger partial charge in [-0.15, -0.1) is 11.3 Å². The average Bonchev–Trinajstić information content (AvgIpc) is 3.43. The number of aromatic nitrogens is 3. The van der Waals surface area contributed by atoms with E-state index in [0.717, 1.165) is 41.3 Å². The molecule has 1 saturated heterocycles. The second-order valence-corrected chi connectivity index (χ2v) is 7.54. The Kier molecular flexibility index (Phi) is 5.35. The molecule has 1 atom stereocenters. The van der Waals surface area contributed by atoms with Crippen molar-refractivity contribution in [2.24, 2.45) is 0 Å². The van der Waals surface area contributed by atoms with Crippen LogP contribution < -0.4 is 5.32 Å². The number of urea groups is 1. The summed E-state index contributed by atoms with van der Waals surface area (Å²) in [4.78, 5) is 24.8. The predicted octanol–water partition coefficient (Wildman–Crippen LogP) is 3.15. The molecule has 7 nitrogen and oxygen atoms in total. The van der Waals surface area contributed by atoms with Gasteiger partial charge in [-0.1, -0.05) is 6.07 Å². The van der Waals surface area contributed by atoms with Crippen molar-refractivity contribution >= 4 is 28.5 Å². The largest absolute Gasteiger partial charge is 0.385 e. The fourth-order valence-corrected chi connectivity index (χ4v) is 4.23. The molecule has 1 aliphatic rings. The van der Waals surface area contributed by atoms with E-state index in [2.05, 4.69) is 26.3 Å². The molecule has 0 saturated carbocycles. The van der Waals surface area contributed by atoms with Crippen LogP contribution in [0.25, 0.3) is 21.9 Å². The SMILES string of the molecule is COCCCNC(=O)N1CCC(n2c(-c3cccs3)nc3cccnc32)C1. The van der Waals surface area contributed by atoms with Gasteiger partial charge in [-0.05, 0) is 36.4 Å². The van der Waals surface area contributed by atoms with Crippen LogP contribution in [0.5, 0.6) is 0 Å². The third-order valence-corrected chi connectivity index (χ3v) is 5.67. The Hall–Kier alpha value is -2.45. The summed E-state index contributed by atoms with van der Waals surface area (Å²) < 4.78 is 7.23. The summed E-state index contributed by atoms with van der Waals surface area (Å²) in [7, 11) is 1.67. The Labute approximate surface area is 162 Å². The van der Waals surface area contributed by atoms with Crippen molar-refractivity contribution in [3.63, 3.8) is 0 Å². The summed E-state index contributed by atoms with van der Waals surface area (Å²) in [5.74, 6) is 0.936. The van der Waals surface area contributed by atoms with E-state index < -0.39 is 0 Å². The van der Waals surface area contributed by atoms with Gasteiger partial charge in [-0.2, -0.15) is 0 Å². The number of carbonyl (C=O) groups excluding carboxylic acids is 1. The minimum Gasteiger partial charge on any atom is -0.385 e. The van der Waals surface area contributed by atoms with Crippen molar-refractivity contribution in [2.75, 3.05) is 33.4 Å². The maximum absolute atomic E-state index is 12.4. The van der Waals surface area contributed by atoms with Gasteiger partial charge in [-0.3, -0.25) is 0 Å². The molecule has 0 aromatic carbocycles. The Bertz CT molecular complexity index is 908. The van der Waals surface area contributed by atoms with Crippen molar-refractivity contribution in [3.05, 3.63) is 35.8 Å². The number of likely N-dealkylation sites (tertiary alicyclic amines) is 1.